The van der Waals surface area contributed by atoms with Crippen LogP contribution in [0.3, 0.4) is 0 Å². The van der Waals surface area contributed by atoms with Crippen molar-refractivity contribution in [3.05, 3.63) is 35.9 Å². The number of hydrogen-bond acceptors (Lipinski definition) is 2. The first-order valence-electron chi connectivity index (χ1n) is 3.82. The largest absolute Gasteiger partial charge is 0.368 e. The number of primary amides is 1. The van der Waals surface area contributed by atoms with Crippen molar-refractivity contribution in [3.63, 3.8) is 0 Å². The van der Waals surface area contributed by atoms with Crippen LogP contribution in [0.4, 0.5) is 0 Å². The second-order valence-corrected chi connectivity index (χ2v) is 3.35. The molecule has 4 N–H and O–H groups in total. The lowest BCUT2D eigenvalue weighted by Gasteiger charge is -2.12. The highest BCUT2D eigenvalue weighted by Gasteiger charge is 2.18. The van der Waals surface area contributed by atoms with Crippen LogP contribution < -0.4 is 10.5 Å². The van der Waals surface area contributed by atoms with E-state index < -0.39 is 23.2 Å². The van der Waals surface area contributed by atoms with Crippen molar-refractivity contribution in [1.82, 2.24) is 4.72 Å². The van der Waals surface area contributed by atoms with E-state index in [1.165, 1.54) is 0 Å². The molecular formula is C8H10N2O3S. The first-order valence-corrected chi connectivity index (χ1v) is 4.93. The summed E-state index contributed by atoms with van der Waals surface area (Å²) in [5, 5.41) is 0. The maximum atomic E-state index is 10.9. The third-order valence-corrected chi connectivity index (χ3v) is 2.07. The molecule has 0 fully saturated rings. The number of nitrogens with one attached hydrogen (secondary N) is 1. The fourth-order valence-electron chi connectivity index (χ4n) is 1.04. The van der Waals surface area contributed by atoms with Crippen LogP contribution >= 0.6 is 0 Å². The molecule has 14 heavy (non-hydrogen) atoms. The van der Waals surface area contributed by atoms with Gasteiger partial charge in [0.2, 0.25) is 17.2 Å². The van der Waals surface area contributed by atoms with Crippen molar-refractivity contribution in [1.29, 1.82) is 0 Å². The standard InChI is InChI=1S/C8H10N2O3S/c9-8(11)7(10-14(12)13)6-4-2-1-3-5-6/h1-5,7,10H,(H2,9,11)(H,12,13). The number of benzene rings is 1. The van der Waals surface area contributed by atoms with Gasteiger partial charge >= 0.3 is 0 Å². The van der Waals surface area contributed by atoms with Crippen molar-refractivity contribution in [2.75, 3.05) is 0 Å². The van der Waals surface area contributed by atoms with Gasteiger partial charge in [0.05, 0.1) is 0 Å². The van der Waals surface area contributed by atoms with Gasteiger partial charge in [-0.15, -0.1) is 0 Å². The molecule has 1 amide bonds. The van der Waals surface area contributed by atoms with Gasteiger partial charge in [-0.25, -0.2) is 4.21 Å². The van der Waals surface area contributed by atoms with Crippen LogP contribution in [0.5, 0.6) is 0 Å². The van der Waals surface area contributed by atoms with E-state index in [2.05, 4.69) is 4.72 Å². The molecule has 0 heterocycles. The second kappa shape index (κ2) is 4.85. The minimum absolute atomic E-state index is 0.558. The molecule has 0 aliphatic carbocycles. The van der Waals surface area contributed by atoms with Crippen molar-refractivity contribution in [2.24, 2.45) is 5.73 Å². The van der Waals surface area contributed by atoms with E-state index in [1.807, 2.05) is 0 Å². The molecule has 5 nitrogen and oxygen atoms in total. The molecular weight excluding hydrogens is 204 g/mol. The molecule has 6 heteroatoms. The molecule has 0 saturated heterocycles. The Balaban J connectivity index is 2.89. The fourth-order valence-corrected chi connectivity index (χ4v) is 1.49. The van der Waals surface area contributed by atoms with E-state index in [1.54, 1.807) is 30.3 Å². The zero-order chi connectivity index (χ0) is 10.6. The maximum Gasteiger partial charge on any atom is 0.240 e. The highest BCUT2D eigenvalue weighted by molar-refractivity contribution is 7.77. The summed E-state index contributed by atoms with van der Waals surface area (Å²) in [5.74, 6) is -0.696. The van der Waals surface area contributed by atoms with Crippen LogP contribution in [0.1, 0.15) is 11.6 Å². The van der Waals surface area contributed by atoms with Crippen LogP contribution in [0.25, 0.3) is 0 Å². The first-order chi connectivity index (χ1) is 6.61. The second-order valence-electron chi connectivity index (χ2n) is 2.61. The predicted octanol–water partition coefficient (Wildman–Crippen LogP) is -0.0607. The normalized spacial score (nSPS) is 14.6. The topological polar surface area (TPSA) is 92.4 Å². The Morgan fingerprint density at radius 3 is 2.43 bits per heavy atom. The third kappa shape index (κ3) is 2.91. The molecule has 0 saturated carbocycles. The average molecular weight is 214 g/mol. The molecule has 0 aliphatic heterocycles. The summed E-state index contributed by atoms with van der Waals surface area (Å²) < 4.78 is 21.2. The van der Waals surface area contributed by atoms with Crippen molar-refractivity contribution in [2.45, 2.75) is 6.04 Å². The predicted molar refractivity (Wildman–Crippen MR) is 52.3 cm³/mol. The Morgan fingerprint density at radius 2 is 2.00 bits per heavy atom. The SMILES string of the molecule is NC(=O)C(NS(=O)O)c1ccccc1. The lowest BCUT2D eigenvalue weighted by molar-refractivity contribution is -0.119. The van der Waals surface area contributed by atoms with Crippen LogP contribution in [0.15, 0.2) is 30.3 Å². The lowest BCUT2D eigenvalue weighted by Crippen LogP contribution is -2.34. The van der Waals surface area contributed by atoms with Gasteiger partial charge < -0.3 is 5.73 Å². The molecule has 0 aromatic heterocycles. The van der Waals surface area contributed by atoms with Crippen LogP contribution in [0.2, 0.25) is 0 Å². The Morgan fingerprint density at radius 1 is 1.43 bits per heavy atom. The molecule has 0 aliphatic rings. The lowest BCUT2D eigenvalue weighted by atomic mass is 10.1. The van der Waals surface area contributed by atoms with E-state index >= 15 is 0 Å². The van der Waals surface area contributed by atoms with Gasteiger partial charge in [-0.3, -0.25) is 9.35 Å². The number of rotatable bonds is 4. The molecule has 1 aromatic carbocycles. The average Bonchev–Trinajstić information content (AvgIpc) is 2.15. The summed E-state index contributed by atoms with van der Waals surface area (Å²) >= 11 is -2.27. The van der Waals surface area contributed by atoms with Gasteiger partial charge in [-0.1, -0.05) is 30.3 Å². The maximum absolute atomic E-state index is 10.9. The highest BCUT2D eigenvalue weighted by Crippen LogP contribution is 2.11. The van der Waals surface area contributed by atoms with Gasteiger partial charge in [0.15, 0.2) is 0 Å². The summed E-state index contributed by atoms with van der Waals surface area (Å²) in [6.45, 7) is 0. The molecule has 0 spiro atoms. The molecule has 1 rings (SSSR count). The molecule has 76 valence electrons. The van der Waals surface area contributed by atoms with Gasteiger partial charge in [0.25, 0.3) is 0 Å². The third-order valence-electron chi connectivity index (χ3n) is 1.64. The zero-order valence-corrected chi connectivity index (χ0v) is 8.03. The Labute approximate surface area is 83.7 Å². The molecule has 2 atom stereocenters. The molecule has 2 unspecified atom stereocenters. The Bertz CT molecular complexity index is 342. The van der Waals surface area contributed by atoms with E-state index in [0.717, 1.165) is 0 Å². The molecule has 0 radical (unpaired) electrons. The smallest absolute Gasteiger partial charge is 0.240 e. The molecule has 1 aromatic rings. The van der Waals surface area contributed by atoms with Gasteiger partial charge in [0.1, 0.15) is 6.04 Å². The quantitative estimate of drug-likeness (QED) is 0.613. The summed E-state index contributed by atoms with van der Waals surface area (Å²) in [7, 11) is 0. The van der Waals surface area contributed by atoms with Crippen molar-refractivity contribution in [3.8, 4) is 0 Å². The van der Waals surface area contributed by atoms with E-state index in [-0.39, 0.29) is 0 Å². The zero-order valence-electron chi connectivity index (χ0n) is 7.21. The van der Waals surface area contributed by atoms with Crippen molar-refractivity contribution < 1.29 is 13.6 Å². The Hall–Kier alpha value is -1.24. The molecule has 0 bridgehead atoms. The Kier molecular flexibility index (Phi) is 3.75. The summed E-state index contributed by atoms with van der Waals surface area (Å²) in [6.07, 6.45) is 0. The van der Waals surface area contributed by atoms with Gasteiger partial charge in [0, 0.05) is 0 Å². The number of amides is 1. The summed E-state index contributed by atoms with van der Waals surface area (Å²) in [5.41, 5.74) is 5.63. The summed E-state index contributed by atoms with van der Waals surface area (Å²) in [4.78, 5) is 10.9. The van der Waals surface area contributed by atoms with Crippen LogP contribution in [-0.2, 0) is 16.1 Å². The van der Waals surface area contributed by atoms with E-state index in [9.17, 15) is 9.00 Å². The van der Waals surface area contributed by atoms with E-state index in [0.29, 0.717) is 5.56 Å². The van der Waals surface area contributed by atoms with Gasteiger partial charge in [-0.2, -0.15) is 4.72 Å². The highest BCUT2D eigenvalue weighted by atomic mass is 32.2. The number of hydrogen-bond donors (Lipinski definition) is 3. The number of carbonyl (C=O) groups excluding carboxylic acids is 1. The fraction of sp³-hybridized carbons (Fsp3) is 0.125. The van der Waals surface area contributed by atoms with E-state index in [4.69, 9.17) is 10.3 Å². The number of carbonyl (C=O) groups is 1. The van der Waals surface area contributed by atoms with Crippen LogP contribution in [-0.4, -0.2) is 14.7 Å². The van der Waals surface area contributed by atoms with Crippen LogP contribution in [0, 0.1) is 0 Å². The minimum atomic E-state index is -2.27. The monoisotopic (exact) mass is 214 g/mol. The van der Waals surface area contributed by atoms with Crippen molar-refractivity contribution >= 4 is 17.2 Å². The number of nitrogens with two attached hydrogens (primary N) is 1. The van der Waals surface area contributed by atoms with Gasteiger partial charge in [-0.05, 0) is 5.56 Å². The summed E-state index contributed by atoms with van der Waals surface area (Å²) in [6, 6.07) is 7.56. The first kappa shape index (κ1) is 10.8. The minimum Gasteiger partial charge on any atom is -0.368 e.